The first-order valence-corrected chi connectivity index (χ1v) is 6.95. The highest BCUT2D eigenvalue weighted by Gasteiger charge is 2.20. The highest BCUT2D eigenvalue weighted by molar-refractivity contribution is 8.00. The van der Waals surface area contributed by atoms with E-state index in [0.29, 0.717) is 19.5 Å². The zero-order valence-corrected chi connectivity index (χ0v) is 11.0. The van der Waals surface area contributed by atoms with Crippen LogP contribution in [-0.2, 0) is 9.59 Å². The van der Waals surface area contributed by atoms with Crippen molar-refractivity contribution in [1.82, 2.24) is 9.80 Å². The summed E-state index contributed by atoms with van der Waals surface area (Å²) in [6.45, 7) is 3.66. The second-order valence-electron chi connectivity index (χ2n) is 4.02. The van der Waals surface area contributed by atoms with Crippen molar-refractivity contribution in [3.05, 3.63) is 0 Å². The Kier molecular flexibility index (Phi) is 6.54. The van der Waals surface area contributed by atoms with E-state index in [-0.39, 0.29) is 17.4 Å². The molecule has 1 aliphatic rings. The van der Waals surface area contributed by atoms with Crippen LogP contribution in [0.2, 0.25) is 0 Å². The number of piperazine rings is 1. The van der Waals surface area contributed by atoms with Crippen molar-refractivity contribution < 1.29 is 14.7 Å². The molecule has 7 heteroatoms. The summed E-state index contributed by atoms with van der Waals surface area (Å²) in [5.41, 5.74) is 0. The Hall–Kier alpha value is -1.26. The smallest absolute Gasteiger partial charge is 0.313 e. The third-order valence-corrected chi connectivity index (χ3v) is 3.62. The van der Waals surface area contributed by atoms with Crippen LogP contribution in [0.5, 0.6) is 0 Å². The molecule has 1 heterocycles. The third-order valence-electron chi connectivity index (χ3n) is 2.72. The summed E-state index contributed by atoms with van der Waals surface area (Å²) in [6.07, 6.45) is 0.516. The van der Waals surface area contributed by atoms with Gasteiger partial charge in [0.15, 0.2) is 0 Å². The summed E-state index contributed by atoms with van der Waals surface area (Å²) < 4.78 is 0. The molecule has 1 rings (SSSR count). The molecule has 0 unspecified atom stereocenters. The fraction of sp³-hybridized carbons (Fsp3) is 0.727. The van der Waals surface area contributed by atoms with E-state index in [1.807, 2.05) is 0 Å². The van der Waals surface area contributed by atoms with Crippen LogP contribution in [0.15, 0.2) is 0 Å². The number of aliphatic carboxylic acids is 1. The number of amides is 1. The number of nitrogens with zero attached hydrogens (tertiary/aromatic N) is 3. The summed E-state index contributed by atoms with van der Waals surface area (Å²) in [5.74, 6) is -0.700. The number of hydrogen-bond donors (Lipinski definition) is 1. The van der Waals surface area contributed by atoms with Gasteiger partial charge in [-0.3, -0.25) is 14.5 Å². The molecule has 0 aliphatic carbocycles. The van der Waals surface area contributed by atoms with E-state index < -0.39 is 5.97 Å². The number of rotatable bonds is 6. The summed E-state index contributed by atoms with van der Waals surface area (Å²) >= 11 is 1.13. The van der Waals surface area contributed by atoms with Gasteiger partial charge < -0.3 is 10.0 Å². The van der Waals surface area contributed by atoms with E-state index in [0.717, 1.165) is 31.4 Å². The first kappa shape index (κ1) is 14.8. The quantitative estimate of drug-likeness (QED) is 0.724. The standard InChI is InChI=1S/C11H17N3O3S/c12-2-1-3-13-4-6-14(7-5-13)10(15)8-18-9-11(16)17/h1,3-9H2,(H,16,17). The Morgan fingerprint density at radius 1 is 1.22 bits per heavy atom. The molecule has 0 aromatic carbocycles. The average Bonchev–Trinajstić information content (AvgIpc) is 2.36. The molecule has 0 atom stereocenters. The van der Waals surface area contributed by atoms with Crippen LogP contribution in [0.25, 0.3) is 0 Å². The lowest BCUT2D eigenvalue weighted by molar-refractivity contribution is -0.133. The van der Waals surface area contributed by atoms with Crippen molar-refractivity contribution in [2.24, 2.45) is 0 Å². The van der Waals surface area contributed by atoms with Crippen molar-refractivity contribution in [2.75, 3.05) is 44.2 Å². The summed E-state index contributed by atoms with van der Waals surface area (Å²) in [7, 11) is 0. The average molecular weight is 271 g/mol. The van der Waals surface area contributed by atoms with Crippen molar-refractivity contribution in [3.8, 4) is 6.07 Å². The molecule has 1 N–H and O–H groups in total. The van der Waals surface area contributed by atoms with Gasteiger partial charge in [0, 0.05) is 39.1 Å². The number of nitriles is 1. The van der Waals surface area contributed by atoms with Gasteiger partial charge in [0.05, 0.1) is 17.6 Å². The predicted octanol–water partition coefficient (Wildman–Crippen LogP) is -0.138. The van der Waals surface area contributed by atoms with E-state index in [1.165, 1.54) is 0 Å². The number of carboxylic acids is 1. The first-order valence-electron chi connectivity index (χ1n) is 5.80. The number of thioether (sulfide) groups is 1. The molecule has 0 aromatic heterocycles. The number of carbonyl (C=O) groups excluding carboxylic acids is 1. The molecule has 18 heavy (non-hydrogen) atoms. The van der Waals surface area contributed by atoms with Gasteiger partial charge in [-0.05, 0) is 0 Å². The summed E-state index contributed by atoms with van der Waals surface area (Å²) in [5, 5.41) is 17.0. The Bertz CT molecular complexity index is 335. The van der Waals surface area contributed by atoms with Gasteiger partial charge in [0.25, 0.3) is 0 Å². The number of carbonyl (C=O) groups is 2. The minimum Gasteiger partial charge on any atom is -0.481 e. The molecule has 1 saturated heterocycles. The van der Waals surface area contributed by atoms with Gasteiger partial charge in [-0.25, -0.2) is 0 Å². The second kappa shape index (κ2) is 7.95. The maximum atomic E-state index is 11.7. The van der Waals surface area contributed by atoms with Gasteiger partial charge in [0.2, 0.25) is 5.91 Å². The van der Waals surface area contributed by atoms with Gasteiger partial charge in [-0.2, -0.15) is 5.26 Å². The van der Waals surface area contributed by atoms with E-state index in [4.69, 9.17) is 10.4 Å². The molecule has 100 valence electrons. The fourth-order valence-corrected chi connectivity index (χ4v) is 2.38. The predicted molar refractivity (Wildman–Crippen MR) is 68.2 cm³/mol. The molecule has 1 fully saturated rings. The summed E-state index contributed by atoms with van der Waals surface area (Å²) in [6, 6.07) is 2.11. The van der Waals surface area contributed by atoms with E-state index in [1.54, 1.807) is 4.90 Å². The third kappa shape index (κ3) is 5.38. The lowest BCUT2D eigenvalue weighted by Gasteiger charge is -2.34. The molecule has 0 bridgehead atoms. The largest absolute Gasteiger partial charge is 0.481 e. The van der Waals surface area contributed by atoms with Gasteiger partial charge in [0.1, 0.15) is 0 Å². The van der Waals surface area contributed by atoms with Crippen LogP contribution < -0.4 is 0 Å². The lowest BCUT2D eigenvalue weighted by atomic mass is 10.3. The Morgan fingerprint density at radius 2 is 1.89 bits per heavy atom. The van der Waals surface area contributed by atoms with Crippen molar-refractivity contribution in [3.63, 3.8) is 0 Å². The lowest BCUT2D eigenvalue weighted by Crippen LogP contribution is -2.49. The number of carboxylic acid groups (broad SMARTS) is 1. The fourth-order valence-electron chi connectivity index (χ4n) is 1.75. The van der Waals surface area contributed by atoms with Crippen LogP contribution in [-0.4, -0.2) is 71.0 Å². The molecule has 1 aliphatic heterocycles. The van der Waals surface area contributed by atoms with Crippen LogP contribution in [0.4, 0.5) is 0 Å². The van der Waals surface area contributed by atoms with Gasteiger partial charge in [-0.1, -0.05) is 0 Å². The van der Waals surface area contributed by atoms with E-state index >= 15 is 0 Å². The van der Waals surface area contributed by atoms with Crippen LogP contribution in [0.3, 0.4) is 0 Å². The first-order chi connectivity index (χ1) is 8.63. The van der Waals surface area contributed by atoms with Crippen molar-refractivity contribution >= 4 is 23.6 Å². The molecule has 6 nitrogen and oxygen atoms in total. The molecule has 0 aromatic rings. The monoisotopic (exact) mass is 271 g/mol. The maximum Gasteiger partial charge on any atom is 0.313 e. The van der Waals surface area contributed by atoms with Gasteiger partial charge in [-0.15, -0.1) is 11.8 Å². The molecule has 0 spiro atoms. The molecular weight excluding hydrogens is 254 g/mol. The second-order valence-corrected chi connectivity index (χ2v) is 5.00. The normalized spacial score (nSPS) is 16.3. The molecule has 1 amide bonds. The SMILES string of the molecule is N#CCCN1CCN(C(=O)CSCC(=O)O)CC1. The van der Waals surface area contributed by atoms with E-state index in [2.05, 4.69) is 11.0 Å². The maximum absolute atomic E-state index is 11.7. The summed E-state index contributed by atoms with van der Waals surface area (Å²) in [4.78, 5) is 26.0. The topological polar surface area (TPSA) is 84.6 Å². The highest BCUT2D eigenvalue weighted by atomic mass is 32.2. The van der Waals surface area contributed by atoms with Crippen LogP contribution in [0.1, 0.15) is 6.42 Å². The minimum atomic E-state index is -0.894. The van der Waals surface area contributed by atoms with Crippen LogP contribution >= 0.6 is 11.8 Å². The Morgan fingerprint density at radius 3 is 2.44 bits per heavy atom. The molecule has 0 saturated carbocycles. The van der Waals surface area contributed by atoms with Crippen molar-refractivity contribution in [2.45, 2.75) is 6.42 Å². The van der Waals surface area contributed by atoms with Gasteiger partial charge >= 0.3 is 5.97 Å². The zero-order chi connectivity index (χ0) is 13.4. The minimum absolute atomic E-state index is 0.00110. The van der Waals surface area contributed by atoms with E-state index in [9.17, 15) is 9.59 Å². The molecule has 0 radical (unpaired) electrons. The Labute approximate surface area is 111 Å². The Balaban J connectivity index is 2.19. The number of hydrogen-bond acceptors (Lipinski definition) is 5. The van der Waals surface area contributed by atoms with Crippen LogP contribution in [0, 0.1) is 11.3 Å². The highest BCUT2D eigenvalue weighted by Crippen LogP contribution is 2.07. The zero-order valence-electron chi connectivity index (χ0n) is 10.2. The van der Waals surface area contributed by atoms with Crippen molar-refractivity contribution in [1.29, 1.82) is 5.26 Å². The molecular formula is C11H17N3O3S.